The quantitative estimate of drug-likeness (QED) is 0.412. The van der Waals surface area contributed by atoms with E-state index in [1.54, 1.807) is 6.07 Å². The van der Waals surface area contributed by atoms with Gasteiger partial charge < -0.3 is 29.9 Å². The number of amides is 1. The molecule has 8 heteroatoms. The number of carbonyl (C=O) groups is 1. The summed E-state index contributed by atoms with van der Waals surface area (Å²) in [5.41, 5.74) is 1.72. The molecule has 2 bridgehead atoms. The van der Waals surface area contributed by atoms with Crippen LogP contribution in [0.3, 0.4) is 0 Å². The highest BCUT2D eigenvalue weighted by atomic mass is 35.5. The maximum atomic E-state index is 13.1. The molecule has 1 amide bonds. The van der Waals surface area contributed by atoms with Crippen LogP contribution < -0.4 is 14.8 Å². The Morgan fingerprint density at radius 1 is 1.20 bits per heavy atom. The largest absolute Gasteiger partial charge is 0.508 e. The molecule has 3 aliphatic carbocycles. The lowest BCUT2D eigenvalue weighted by atomic mass is 9.45. The number of likely N-dealkylation sites (tertiary alicyclic amines) is 1. The van der Waals surface area contributed by atoms with E-state index in [0.717, 1.165) is 55.5 Å². The van der Waals surface area contributed by atoms with Gasteiger partial charge in [-0.25, -0.2) is 0 Å². The van der Waals surface area contributed by atoms with E-state index in [9.17, 15) is 15.0 Å². The van der Waals surface area contributed by atoms with Gasteiger partial charge in [-0.1, -0.05) is 25.4 Å². The van der Waals surface area contributed by atoms with Crippen LogP contribution in [-0.4, -0.2) is 65.5 Å². The predicted octanol–water partition coefficient (Wildman–Crippen LogP) is 5.06. The second-order valence-electron chi connectivity index (χ2n) is 13.1. The second kappa shape index (κ2) is 10.7. The molecule has 2 aromatic rings. The van der Waals surface area contributed by atoms with Crippen molar-refractivity contribution in [3.63, 3.8) is 0 Å². The highest BCUT2D eigenvalue weighted by molar-refractivity contribution is 6.30. The van der Waals surface area contributed by atoms with Gasteiger partial charge in [-0.05, 0) is 78.3 Å². The molecule has 0 radical (unpaired) electrons. The van der Waals surface area contributed by atoms with Crippen molar-refractivity contribution in [2.75, 3.05) is 32.8 Å². The third-order valence-electron chi connectivity index (χ3n) is 10.3. The zero-order valence-corrected chi connectivity index (χ0v) is 24.3. The molecular weight excluding hydrogens is 528 g/mol. The monoisotopic (exact) mass is 568 g/mol. The number of aliphatic hydroxyl groups excluding tert-OH is 1. The fourth-order valence-electron chi connectivity index (χ4n) is 7.70. The molecule has 5 aliphatic rings. The average Bonchev–Trinajstić information content (AvgIpc) is 3.28. The fourth-order valence-corrected chi connectivity index (χ4v) is 7.90. The molecule has 0 unspecified atom stereocenters. The van der Waals surface area contributed by atoms with Crippen molar-refractivity contribution >= 4 is 17.5 Å². The van der Waals surface area contributed by atoms with Crippen LogP contribution >= 0.6 is 11.6 Å². The van der Waals surface area contributed by atoms with Crippen molar-refractivity contribution in [1.82, 2.24) is 10.2 Å². The summed E-state index contributed by atoms with van der Waals surface area (Å²) >= 11 is 6.17. The van der Waals surface area contributed by atoms with Gasteiger partial charge in [-0.3, -0.25) is 4.79 Å². The number of phenolic OH excluding ortho intramolecular Hbond substituents is 1. The maximum Gasteiger partial charge on any atom is 0.255 e. The molecule has 0 aromatic heterocycles. The fraction of sp³-hybridized carbons (Fsp3) is 0.594. The molecule has 7 rings (SSSR count). The number of aromatic hydroxyl groups is 1. The summed E-state index contributed by atoms with van der Waals surface area (Å²) in [5.74, 6) is 3.02. The van der Waals surface area contributed by atoms with E-state index in [1.807, 2.05) is 18.2 Å². The Labute approximate surface area is 241 Å². The molecule has 1 spiro atoms. The molecule has 3 saturated carbocycles. The molecule has 2 aliphatic heterocycles. The summed E-state index contributed by atoms with van der Waals surface area (Å²) in [4.78, 5) is 15.4. The van der Waals surface area contributed by atoms with Crippen molar-refractivity contribution in [1.29, 1.82) is 0 Å². The molecule has 40 heavy (non-hydrogen) atoms. The molecule has 4 fully saturated rings. The summed E-state index contributed by atoms with van der Waals surface area (Å²) < 4.78 is 12.2. The minimum Gasteiger partial charge on any atom is -0.508 e. The number of halogens is 1. The van der Waals surface area contributed by atoms with E-state index in [0.29, 0.717) is 35.9 Å². The van der Waals surface area contributed by atoms with E-state index >= 15 is 0 Å². The summed E-state index contributed by atoms with van der Waals surface area (Å²) in [6.45, 7) is 7.51. The van der Waals surface area contributed by atoms with Gasteiger partial charge in [0, 0.05) is 56.5 Å². The Kier molecular flexibility index (Phi) is 7.43. The Bertz CT molecular complexity index is 1260. The smallest absolute Gasteiger partial charge is 0.255 e. The van der Waals surface area contributed by atoms with Crippen molar-refractivity contribution in [3.8, 4) is 17.2 Å². The minimum atomic E-state index is -0.733. The number of β-amino-alcohol motifs (C(OH)–C–C–N with tert-alkyl or cyclic N) is 1. The number of nitrogens with zero attached hydrogens (tertiary/aromatic N) is 1. The van der Waals surface area contributed by atoms with Gasteiger partial charge in [0.1, 0.15) is 35.6 Å². The number of phenols is 1. The minimum absolute atomic E-state index is 0.0238. The normalized spacial score (nSPS) is 26.9. The number of aliphatic hydroxyl groups is 1. The Balaban J connectivity index is 0.989. The standard InChI is InChI=1S/C32H41ClN2O5/c1-31(2)22-4-3-20(27(31)14-22)17-34-30(38)26-7-6-24(36)15-29(26)39-19-25(37)18-35-11-9-32(10-12-35)16-21-13-23(33)5-8-28(21)40-32/h5-8,13,15,20,22,25,27,36-37H,3-4,9-12,14,16-19H2,1-2H3,(H,34,38)/t20-,22-,25-,27-/m0/s1. The molecule has 2 heterocycles. The number of nitrogens with one attached hydrogen (secondary N) is 1. The molecule has 3 N–H and O–H groups in total. The first-order valence-electron chi connectivity index (χ1n) is 14.7. The summed E-state index contributed by atoms with van der Waals surface area (Å²) in [6, 6.07) is 10.4. The molecule has 7 nitrogen and oxygen atoms in total. The van der Waals surface area contributed by atoms with Gasteiger partial charge in [0.2, 0.25) is 0 Å². The van der Waals surface area contributed by atoms with Gasteiger partial charge in [-0.2, -0.15) is 0 Å². The van der Waals surface area contributed by atoms with Crippen molar-refractivity contribution < 1.29 is 24.5 Å². The van der Waals surface area contributed by atoms with Crippen LogP contribution in [0, 0.1) is 23.2 Å². The number of benzene rings is 2. The van der Waals surface area contributed by atoms with Crippen LogP contribution in [0.1, 0.15) is 61.9 Å². The number of hydrogen-bond acceptors (Lipinski definition) is 6. The highest BCUT2D eigenvalue weighted by Crippen LogP contribution is 2.61. The van der Waals surface area contributed by atoms with E-state index in [-0.39, 0.29) is 29.6 Å². The van der Waals surface area contributed by atoms with Crippen LogP contribution in [-0.2, 0) is 6.42 Å². The topological polar surface area (TPSA) is 91.3 Å². The zero-order valence-electron chi connectivity index (χ0n) is 23.5. The Morgan fingerprint density at radius 3 is 2.75 bits per heavy atom. The third-order valence-corrected chi connectivity index (χ3v) is 10.5. The third kappa shape index (κ3) is 5.40. The zero-order chi connectivity index (χ0) is 28.1. The Hall–Kier alpha value is -2.48. The van der Waals surface area contributed by atoms with Crippen LogP contribution in [0.5, 0.6) is 17.2 Å². The Morgan fingerprint density at radius 2 is 2.00 bits per heavy atom. The molecule has 4 atom stereocenters. The maximum absolute atomic E-state index is 13.1. The number of hydrogen-bond donors (Lipinski definition) is 3. The van der Waals surface area contributed by atoms with Crippen molar-refractivity contribution in [2.24, 2.45) is 23.2 Å². The van der Waals surface area contributed by atoms with Crippen LogP contribution in [0.2, 0.25) is 5.02 Å². The van der Waals surface area contributed by atoms with Crippen LogP contribution in [0.4, 0.5) is 0 Å². The number of carbonyl (C=O) groups excluding carboxylic acids is 1. The SMILES string of the molecule is CC1(C)[C@H]2CC[C@@H](CNC(=O)c3ccc(O)cc3OC[C@@H](O)CN3CCC4(CC3)Cc3cc(Cl)ccc3O4)[C@@H]1C2. The van der Waals surface area contributed by atoms with E-state index in [4.69, 9.17) is 21.1 Å². The van der Waals surface area contributed by atoms with E-state index in [1.165, 1.54) is 30.5 Å². The predicted molar refractivity (Wildman–Crippen MR) is 154 cm³/mol. The first kappa shape index (κ1) is 27.7. The van der Waals surface area contributed by atoms with Gasteiger partial charge in [0.15, 0.2) is 0 Å². The average molecular weight is 569 g/mol. The lowest BCUT2D eigenvalue weighted by molar-refractivity contribution is -0.103. The lowest BCUT2D eigenvalue weighted by Crippen LogP contribution is -2.54. The summed E-state index contributed by atoms with van der Waals surface area (Å²) in [7, 11) is 0. The van der Waals surface area contributed by atoms with Gasteiger partial charge in [0.25, 0.3) is 5.91 Å². The van der Waals surface area contributed by atoms with E-state index in [2.05, 4.69) is 24.1 Å². The molecule has 2 aromatic carbocycles. The summed E-state index contributed by atoms with van der Waals surface area (Å²) in [6.07, 6.45) is 5.56. The van der Waals surface area contributed by atoms with Gasteiger partial charge >= 0.3 is 0 Å². The summed E-state index contributed by atoms with van der Waals surface area (Å²) in [5, 5.41) is 24.7. The van der Waals surface area contributed by atoms with E-state index < -0.39 is 6.10 Å². The molecular formula is C32H41ClN2O5. The lowest BCUT2D eigenvalue weighted by Gasteiger charge is -2.60. The highest BCUT2D eigenvalue weighted by Gasteiger charge is 2.54. The number of fused-ring (bicyclic) bond motifs is 3. The second-order valence-corrected chi connectivity index (χ2v) is 13.5. The van der Waals surface area contributed by atoms with Crippen LogP contribution in [0.15, 0.2) is 36.4 Å². The molecule has 216 valence electrons. The first-order valence-corrected chi connectivity index (χ1v) is 15.1. The number of rotatable bonds is 8. The number of ether oxygens (including phenoxy) is 2. The van der Waals surface area contributed by atoms with Gasteiger partial charge in [0.05, 0.1) is 5.56 Å². The number of piperidine rings is 1. The van der Waals surface area contributed by atoms with Crippen molar-refractivity contribution in [2.45, 2.75) is 64.1 Å². The van der Waals surface area contributed by atoms with Gasteiger partial charge in [-0.15, -0.1) is 0 Å². The molecule has 1 saturated heterocycles. The first-order chi connectivity index (χ1) is 19.1. The van der Waals surface area contributed by atoms with Crippen LogP contribution in [0.25, 0.3) is 0 Å². The van der Waals surface area contributed by atoms with Crippen molar-refractivity contribution in [3.05, 3.63) is 52.5 Å².